The van der Waals surface area contributed by atoms with E-state index in [0.29, 0.717) is 34.0 Å². The van der Waals surface area contributed by atoms with Crippen LogP contribution in [-0.2, 0) is 10.0 Å². The summed E-state index contributed by atoms with van der Waals surface area (Å²) in [4.78, 5) is 13.8. The molecule has 1 unspecified atom stereocenters. The van der Waals surface area contributed by atoms with Crippen LogP contribution in [0.5, 0.6) is 5.75 Å². The smallest absolute Gasteiger partial charge is 0.284 e. The molecule has 1 amide bonds. The van der Waals surface area contributed by atoms with Crippen LogP contribution in [0.2, 0.25) is 0 Å². The Balaban J connectivity index is 1.77. The molecule has 1 aliphatic heterocycles. The molecule has 1 N–H and O–H groups in total. The third kappa shape index (κ3) is 4.62. The predicted molar refractivity (Wildman–Crippen MR) is 122 cm³/mol. The minimum atomic E-state index is -3.47. The van der Waals surface area contributed by atoms with Crippen LogP contribution in [0.1, 0.15) is 33.3 Å². The summed E-state index contributed by atoms with van der Waals surface area (Å²) in [6.07, 6.45) is 1.54. The monoisotopic (exact) mass is 455 g/mol. The van der Waals surface area contributed by atoms with Crippen LogP contribution in [0.15, 0.2) is 71.1 Å². The van der Waals surface area contributed by atoms with E-state index in [2.05, 4.69) is 9.82 Å². The minimum Gasteiger partial charge on any atom is -0.497 e. The number of amides is 1. The second kappa shape index (κ2) is 8.52. The van der Waals surface area contributed by atoms with E-state index in [9.17, 15) is 13.2 Å². The lowest BCUT2D eigenvalue weighted by Gasteiger charge is -2.22. The lowest BCUT2D eigenvalue weighted by Crippen LogP contribution is -2.26. The maximum absolute atomic E-state index is 13.2. The number of hydrogen-bond acceptors (Lipinski definition) is 6. The van der Waals surface area contributed by atoms with Crippen LogP contribution in [-0.4, -0.2) is 38.4 Å². The molecule has 0 saturated heterocycles. The number of thiophene rings is 1. The highest BCUT2D eigenvalue weighted by Gasteiger charge is 2.35. The fourth-order valence-electron chi connectivity index (χ4n) is 3.51. The number of rotatable bonds is 6. The molecule has 1 atom stereocenters. The zero-order valence-electron chi connectivity index (χ0n) is 17.0. The number of hydrogen-bond donors (Lipinski definition) is 1. The van der Waals surface area contributed by atoms with Gasteiger partial charge in [0.2, 0.25) is 10.0 Å². The van der Waals surface area contributed by atoms with Gasteiger partial charge in [0.1, 0.15) is 5.75 Å². The van der Waals surface area contributed by atoms with Crippen LogP contribution in [0, 0.1) is 0 Å². The van der Waals surface area contributed by atoms with Crippen molar-refractivity contribution in [3.05, 3.63) is 82.0 Å². The van der Waals surface area contributed by atoms with Gasteiger partial charge in [-0.25, -0.2) is 13.4 Å². The Hall–Kier alpha value is -3.17. The highest BCUT2D eigenvalue weighted by molar-refractivity contribution is 7.92. The van der Waals surface area contributed by atoms with Gasteiger partial charge < -0.3 is 4.74 Å². The summed E-state index contributed by atoms with van der Waals surface area (Å²) >= 11 is 1.35. The number of carbonyl (C=O) groups excluding carboxylic acids is 1. The molecular weight excluding hydrogens is 434 g/mol. The van der Waals surface area contributed by atoms with E-state index >= 15 is 0 Å². The van der Waals surface area contributed by atoms with Crippen molar-refractivity contribution in [3.8, 4) is 5.75 Å². The van der Waals surface area contributed by atoms with E-state index in [4.69, 9.17) is 4.74 Å². The summed E-state index contributed by atoms with van der Waals surface area (Å²) in [6.45, 7) is 0. The minimum absolute atomic E-state index is 0.202. The first-order valence-electron chi connectivity index (χ1n) is 9.51. The largest absolute Gasteiger partial charge is 0.497 e. The normalized spacial score (nSPS) is 16.1. The molecule has 0 radical (unpaired) electrons. The summed E-state index contributed by atoms with van der Waals surface area (Å²) in [5.74, 6) is 0.486. The Morgan fingerprint density at radius 1 is 1.16 bits per heavy atom. The van der Waals surface area contributed by atoms with Crippen LogP contribution >= 0.6 is 11.3 Å². The number of anilines is 1. The van der Waals surface area contributed by atoms with Crippen LogP contribution < -0.4 is 9.46 Å². The lowest BCUT2D eigenvalue weighted by molar-refractivity contribution is 0.0716. The van der Waals surface area contributed by atoms with Crippen LogP contribution in [0.25, 0.3) is 0 Å². The van der Waals surface area contributed by atoms with E-state index in [1.165, 1.54) is 16.3 Å². The molecule has 0 spiro atoms. The van der Waals surface area contributed by atoms with Gasteiger partial charge in [-0.3, -0.25) is 9.52 Å². The van der Waals surface area contributed by atoms with E-state index in [0.717, 1.165) is 11.8 Å². The lowest BCUT2D eigenvalue weighted by atomic mass is 9.97. The average Bonchev–Trinajstić information content (AvgIpc) is 3.43. The van der Waals surface area contributed by atoms with Gasteiger partial charge in [-0.2, -0.15) is 5.10 Å². The second-order valence-corrected chi connectivity index (χ2v) is 9.79. The van der Waals surface area contributed by atoms with Crippen molar-refractivity contribution >= 4 is 38.7 Å². The van der Waals surface area contributed by atoms with Crippen molar-refractivity contribution < 1.29 is 17.9 Å². The first-order chi connectivity index (χ1) is 14.9. The Morgan fingerprint density at radius 2 is 1.97 bits per heavy atom. The van der Waals surface area contributed by atoms with E-state index in [1.807, 2.05) is 41.8 Å². The number of sulfonamides is 1. The summed E-state index contributed by atoms with van der Waals surface area (Å²) in [7, 11) is -1.88. The zero-order valence-corrected chi connectivity index (χ0v) is 18.6. The van der Waals surface area contributed by atoms with Crippen LogP contribution in [0.3, 0.4) is 0 Å². The molecule has 0 aliphatic carbocycles. The molecule has 7 nitrogen and oxygen atoms in total. The molecule has 1 aliphatic rings. The Bertz CT molecular complexity index is 1240. The summed E-state index contributed by atoms with van der Waals surface area (Å²) in [6, 6.07) is 17.8. The van der Waals surface area contributed by atoms with E-state index < -0.39 is 10.0 Å². The van der Waals surface area contributed by atoms with Crippen molar-refractivity contribution in [2.24, 2.45) is 5.10 Å². The van der Waals surface area contributed by atoms with Gasteiger partial charge in [0.05, 0.1) is 35.7 Å². The number of ether oxygens (including phenoxy) is 1. The average molecular weight is 456 g/mol. The fourth-order valence-corrected chi connectivity index (χ4v) is 4.74. The maximum Gasteiger partial charge on any atom is 0.284 e. The van der Waals surface area contributed by atoms with Gasteiger partial charge in [0.15, 0.2) is 0 Å². The molecule has 0 fully saturated rings. The van der Waals surface area contributed by atoms with Crippen molar-refractivity contribution in [1.82, 2.24) is 5.01 Å². The highest BCUT2D eigenvalue weighted by Crippen LogP contribution is 2.37. The molecule has 0 saturated carbocycles. The quantitative estimate of drug-likeness (QED) is 0.606. The molecule has 4 rings (SSSR count). The number of nitrogens with one attached hydrogen (secondary N) is 1. The molecule has 0 bridgehead atoms. The number of hydrazone groups is 1. The third-order valence-electron chi connectivity index (χ3n) is 4.86. The zero-order chi connectivity index (χ0) is 22.0. The predicted octanol–water partition coefficient (Wildman–Crippen LogP) is 4.12. The third-order valence-corrected chi connectivity index (χ3v) is 6.31. The summed E-state index contributed by atoms with van der Waals surface area (Å²) in [5, 5.41) is 7.98. The number of benzene rings is 2. The van der Waals surface area contributed by atoms with Crippen molar-refractivity contribution in [1.29, 1.82) is 0 Å². The molecule has 9 heteroatoms. The number of nitrogens with zero attached hydrogens (tertiary/aromatic N) is 2. The Labute approximate surface area is 185 Å². The standard InChI is InChI=1S/C22H21N3O4S2/c1-29-16-8-5-7-15(13-16)20-14-19(23-25(20)22(26)21-11-6-12-30-21)17-9-3-4-10-18(17)24-31(2,27)28/h3-13,20,24H,14H2,1-2H3. The first kappa shape index (κ1) is 21.1. The van der Waals surface area contributed by atoms with E-state index in [1.54, 1.807) is 31.4 Å². The molecule has 2 heterocycles. The van der Waals surface area contributed by atoms with Gasteiger partial charge in [-0.05, 0) is 35.2 Å². The van der Waals surface area contributed by atoms with Gasteiger partial charge >= 0.3 is 0 Å². The van der Waals surface area contributed by atoms with E-state index in [-0.39, 0.29) is 11.9 Å². The number of carbonyl (C=O) groups is 1. The molecule has 31 heavy (non-hydrogen) atoms. The molecule has 2 aromatic carbocycles. The van der Waals surface area contributed by atoms with Crippen LogP contribution in [0.4, 0.5) is 5.69 Å². The molecule has 160 valence electrons. The molecule has 3 aromatic rings. The van der Waals surface area contributed by atoms with Gasteiger partial charge in [-0.1, -0.05) is 36.4 Å². The molecule has 1 aromatic heterocycles. The summed E-state index contributed by atoms with van der Waals surface area (Å²) in [5.41, 5.74) is 2.59. The SMILES string of the molecule is COc1cccc(C2CC(c3ccccc3NS(C)(=O)=O)=NN2C(=O)c2cccs2)c1. The first-order valence-corrected chi connectivity index (χ1v) is 12.3. The van der Waals surface area contributed by atoms with Gasteiger partial charge in [0, 0.05) is 12.0 Å². The Kier molecular flexibility index (Phi) is 5.79. The highest BCUT2D eigenvalue weighted by atomic mass is 32.2. The number of para-hydroxylation sites is 1. The maximum atomic E-state index is 13.2. The van der Waals surface area contributed by atoms with Crippen molar-refractivity contribution in [2.45, 2.75) is 12.5 Å². The van der Waals surface area contributed by atoms with Crippen molar-refractivity contribution in [3.63, 3.8) is 0 Å². The topological polar surface area (TPSA) is 88.1 Å². The second-order valence-electron chi connectivity index (χ2n) is 7.09. The fraction of sp³-hybridized carbons (Fsp3) is 0.182. The Morgan fingerprint density at radius 3 is 2.68 bits per heavy atom. The van der Waals surface area contributed by atoms with Crippen molar-refractivity contribution in [2.75, 3.05) is 18.1 Å². The van der Waals surface area contributed by atoms with Gasteiger partial charge in [0.25, 0.3) is 5.91 Å². The number of methoxy groups -OCH3 is 1. The van der Waals surface area contributed by atoms with Gasteiger partial charge in [-0.15, -0.1) is 11.3 Å². The molecular formula is C22H21N3O4S2. The summed E-state index contributed by atoms with van der Waals surface area (Å²) < 4.78 is 31.5.